The second-order valence-corrected chi connectivity index (χ2v) is 9.74. The number of sulfone groups is 1. The summed E-state index contributed by atoms with van der Waals surface area (Å²) < 4.78 is 28.9. The van der Waals surface area contributed by atoms with E-state index in [0.717, 1.165) is 24.2 Å². The number of hydrogen-bond donors (Lipinski definition) is 2. The van der Waals surface area contributed by atoms with E-state index in [9.17, 15) is 13.2 Å². The molecule has 3 rings (SSSR count). The Morgan fingerprint density at radius 1 is 1.30 bits per heavy atom. The molecular formula is C18H24N4O4S. The molecule has 0 atom stereocenters. The van der Waals surface area contributed by atoms with Crippen molar-refractivity contribution in [2.45, 2.75) is 38.4 Å². The van der Waals surface area contributed by atoms with Crippen molar-refractivity contribution < 1.29 is 17.9 Å². The van der Waals surface area contributed by atoms with E-state index in [-0.39, 0.29) is 17.6 Å². The number of H-pyrrole nitrogens is 1. The van der Waals surface area contributed by atoms with Gasteiger partial charge in [0, 0.05) is 5.56 Å². The zero-order valence-corrected chi connectivity index (χ0v) is 16.5. The highest BCUT2D eigenvalue weighted by molar-refractivity contribution is 7.93. The molecule has 1 fully saturated rings. The van der Waals surface area contributed by atoms with Crippen LogP contribution in [0.3, 0.4) is 0 Å². The Labute approximate surface area is 158 Å². The number of carbonyl (C=O) groups excluding carboxylic acids is 1. The first-order valence-corrected chi connectivity index (χ1v) is 10.6. The zero-order valence-electron chi connectivity index (χ0n) is 15.7. The second kappa shape index (κ2) is 7.30. The molecule has 1 aromatic heterocycles. The molecule has 0 saturated heterocycles. The van der Waals surface area contributed by atoms with E-state index in [2.05, 4.69) is 20.5 Å². The second-order valence-electron chi connectivity index (χ2n) is 7.15. The molecule has 1 aliphatic carbocycles. The normalized spacial score (nSPS) is 14.8. The van der Waals surface area contributed by atoms with Gasteiger partial charge >= 0.3 is 0 Å². The third-order valence-electron chi connectivity index (χ3n) is 4.63. The van der Waals surface area contributed by atoms with E-state index >= 15 is 0 Å². The van der Waals surface area contributed by atoms with Gasteiger partial charge in [-0.1, -0.05) is 0 Å². The third-order valence-corrected chi connectivity index (χ3v) is 7.28. The lowest BCUT2D eigenvalue weighted by molar-refractivity contribution is -0.117. The van der Waals surface area contributed by atoms with Crippen LogP contribution in [0.4, 0.5) is 5.95 Å². The van der Waals surface area contributed by atoms with Gasteiger partial charge in [0.2, 0.25) is 11.9 Å². The lowest BCUT2D eigenvalue weighted by atomic mass is 10.2. The van der Waals surface area contributed by atoms with Gasteiger partial charge in [-0.2, -0.15) is 4.98 Å². The fraction of sp³-hybridized carbons (Fsp3) is 0.500. The molecule has 27 heavy (non-hydrogen) atoms. The molecule has 0 spiro atoms. The van der Waals surface area contributed by atoms with Crippen molar-refractivity contribution in [3.05, 3.63) is 24.3 Å². The van der Waals surface area contributed by atoms with Gasteiger partial charge in [-0.15, -0.1) is 5.10 Å². The van der Waals surface area contributed by atoms with Gasteiger partial charge in [0.15, 0.2) is 15.7 Å². The maximum atomic E-state index is 12.5. The van der Waals surface area contributed by atoms with Crippen molar-refractivity contribution in [1.82, 2.24) is 15.2 Å². The van der Waals surface area contributed by atoms with Gasteiger partial charge < -0.3 is 4.74 Å². The van der Waals surface area contributed by atoms with Crippen molar-refractivity contribution >= 4 is 21.7 Å². The first-order chi connectivity index (χ1) is 12.7. The third kappa shape index (κ3) is 4.29. The number of nitrogens with one attached hydrogen (secondary N) is 2. The van der Waals surface area contributed by atoms with Crippen molar-refractivity contribution in [3.63, 3.8) is 0 Å². The standard InChI is InChI=1S/C18H24N4O4S/c1-4-26-14-9-7-13(8-10-14)15-19-17(22-21-15)20-16(23)18(2,3)27(24,25)11-12-5-6-12/h7-10,12H,4-6,11H2,1-3H3,(H2,19,20,21,22,23). The first-order valence-electron chi connectivity index (χ1n) is 8.92. The Morgan fingerprint density at radius 3 is 2.56 bits per heavy atom. The Morgan fingerprint density at radius 2 is 1.96 bits per heavy atom. The minimum Gasteiger partial charge on any atom is -0.494 e. The van der Waals surface area contributed by atoms with Crippen LogP contribution in [-0.4, -0.2) is 46.6 Å². The maximum absolute atomic E-state index is 12.5. The van der Waals surface area contributed by atoms with E-state index < -0.39 is 20.5 Å². The van der Waals surface area contributed by atoms with Crippen molar-refractivity contribution in [2.24, 2.45) is 5.92 Å². The highest BCUT2D eigenvalue weighted by Gasteiger charge is 2.44. The predicted octanol–water partition coefficient (Wildman–Crippen LogP) is 2.41. The van der Waals surface area contributed by atoms with Gasteiger partial charge in [-0.3, -0.25) is 15.2 Å². The van der Waals surface area contributed by atoms with Crippen LogP contribution in [0.2, 0.25) is 0 Å². The lowest BCUT2D eigenvalue weighted by Gasteiger charge is -2.22. The number of aromatic nitrogens is 3. The van der Waals surface area contributed by atoms with Crippen LogP contribution in [0.25, 0.3) is 11.4 Å². The molecule has 0 aliphatic heterocycles. The number of carbonyl (C=O) groups is 1. The molecule has 146 valence electrons. The Bertz CT molecular complexity index is 915. The summed E-state index contributed by atoms with van der Waals surface area (Å²) in [6, 6.07) is 7.27. The molecule has 8 nitrogen and oxygen atoms in total. The summed E-state index contributed by atoms with van der Waals surface area (Å²) in [6.07, 6.45) is 1.81. The number of benzene rings is 1. The first kappa shape index (κ1) is 19.3. The highest BCUT2D eigenvalue weighted by Crippen LogP contribution is 2.34. The molecule has 1 aliphatic rings. The minimum atomic E-state index is -3.56. The van der Waals surface area contributed by atoms with E-state index in [4.69, 9.17) is 4.74 Å². The molecule has 0 bridgehead atoms. The van der Waals surface area contributed by atoms with E-state index in [1.54, 1.807) is 0 Å². The smallest absolute Gasteiger partial charge is 0.249 e. The molecule has 1 amide bonds. The molecule has 0 unspecified atom stereocenters. The van der Waals surface area contributed by atoms with Gasteiger partial charge in [0.05, 0.1) is 12.4 Å². The fourth-order valence-corrected chi connectivity index (χ4v) is 4.22. The summed E-state index contributed by atoms with van der Waals surface area (Å²) in [4.78, 5) is 16.8. The molecule has 1 saturated carbocycles. The summed E-state index contributed by atoms with van der Waals surface area (Å²) in [5.41, 5.74) is 0.770. The van der Waals surface area contributed by atoms with E-state index in [0.29, 0.717) is 12.4 Å². The van der Waals surface area contributed by atoms with Crippen LogP contribution in [0.15, 0.2) is 24.3 Å². The summed E-state index contributed by atoms with van der Waals surface area (Å²) in [7, 11) is -3.56. The molecule has 1 aromatic carbocycles. The predicted molar refractivity (Wildman–Crippen MR) is 102 cm³/mol. The maximum Gasteiger partial charge on any atom is 0.249 e. The molecule has 1 heterocycles. The number of rotatable bonds is 8. The number of aromatic amines is 1. The molecule has 9 heteroatoms. The Hall–Kier alpha value is -2.42. The van der Waals surface area contributed by atoms with Gasteiger partial charge in [-0.05, 0) is 63.8 Å². The molecule has 0 radical (unpaired) electrons. The van der Waals surface area contributed by atoms with Crippen LogP contribution in [0.1, 0.15) is 33.6 Å². The summed E-state index contributed by atoms with van der Waals surface area (Å²) in [5.74, 6) is 0.832. The van der Waals surface area contributed by atoms with Crippen LogP contribution in [-0.2, 0) is 14.6 Å². The number of hydrogen-bond acceptors (Lipinski definition) is 6. The number of amides is 1. The minimum absolute atomic E-state index is 0.0404. The van der Waals surface area contributed by atoms with Crippen molar-refractivity contribution in [2.75, 3.05) is 17.7 Å². The van der Waals surface area contributed by atoms with Crippen LogP contribution >= 0.6 is 0 Å². The average molecular weight is 392 g/mol. The fourth-order valence-electron chi connectivity index (χ4n) is 2.52. The largest absolute Gasteiger partial charge is 0.494 e. The van der Waals surface area contributed by atoms with Crippen LogP contribution in [0, 0.1) is 5.92 Å². The van der Waals surface area contributed by atoms with Gasteiger partial charge in [-0.25, -0.2) is 8.42 Å². The summed E-state index contributed by atoms with van der Waals surface area (Å²) >= 11 is 0. The summed E-state index contributed by atoms with van der Waals surface area (Å²) in [5, 5.41) is 9.22. The Kier molecular flexibility index (Phi) is 5.23. The number of nitrogens with zero attached hydrogens (tertiary/aromatic N) is 2. The average Bonchev–Trinajstić information content (AvgIpc) is 3.29. The molecule has 2 aromatic rings. The van der Waals surface area contributed by atoms with Crippen molar-refractivity contribution in [3.8, 4) is 17.1 Å². The molecular weight excluding hydrogens is 368 g/mol. The van der Waals surface area contributed by atoms with Gasteiger partial charge in [0.25, 0.3) is 0 Å². The zero-order chi connectivity index (χ0) is 19.7. The van der Waals surface area contributed by atoms with Crippen LogP contribution in [0.5, 0.6) is 5.75 Å². The molecule has 2 N–H and O–H groups in total. The van der Waals surface area contributed by atoms with Crippen molar-refractivity contribution in [1.29, 1.82) is 0 Å². The van der Waals surface area contributed by atoms with Crippen LogP contribution < -0.4 is 10.1 Å². The van der Waals surface area contributed by atoms with E-state index in [1.807, 2.05) is 31.2 Å². The lowest BCUT2D eigenvalue weighted by Crippen LogP contribution is -2.46. The topological polar surface area (TPSA) is 114 Å². The quantitative estimate of drug-likeness (QED) is 0.713. The SMILES string of the molecule is CCOc1ccc(-c2nc(NC(=O)C(C)(C)S(=O)(=O)CC3CC3)n[nH]2)cc1. The Balaban J connectivity index is 1.70. The summed E-state index contributed by atoms with van der Waals surface area (Å²) in [6.45, 7) is 5.32. The monoisotopic (exact) mass is 392 g/mol. The number of anilines is 1. The van der Waals surface area contributed by atoms with Gasteiger partial charge in [0.1, 0.15) is 10.5 Å². The van der Waals surface area contributed by atoms with E-state index in [1.165, 1.54) is 13.8 Å². The number of ether oxygens (including phenoxy) is 1. The highest BCUT2D eigenvalue weighted by atomic mass is 32.2.